The number of unbranched alkanes of at least 4 members (excludes halogenated alkanes) is 29. The maximum atomic E-state index is 12.9. The molecule has 12 N–H and O–H groups in total. The fourth-order valence-electron chi connectivity index (χ4n) is 10.5. The Bertz CT molecular complexity index is 1460. The second-order valence-corrected chi connectivity index (χ2v) is 22.2. The first-order valence-electron chi connectivity index (χ1n) is 30.4. The van der Waals surface area contributed by atoms with Crippen LogP contribution in [0.3, 0.4) is 0 Å². The standard InChI is InChI=1S/C58H109NO18/c1-3-5-7-8-9-10-11-12-13-14-15-16-17-18-19-20-21-22-23-24-25-26-27-28-29-30-31-32-34-35-42(63)41(59-46(64)36-33-6-4-2)40-72-56-52(70)49(67)54(44(38-61)74-56)77-58-53(71)50(68)55(45(39-62)75-58)76-57-51(69)48(66)47(65)43(37-60)73-57/h34-35,41-45,47-58,60-63,65-71H,3-33,36-40H2,1-2H3,(H,59,64)/b35-34+. The van der Waals surface area contributed by atoms with Gasteiger partial charge in [0.05, 0.1) is 38.6 Å². The maximum absolute atomic E-state index is 12.9. The second kappa shape index (κ2) is 42.4. The number of ether oxygens (including phenoxy) is 6. The van der Waals surface area contributed by atoms with Gasteiger partial charge in [-0.25, -0.2) is 0 Å². The van der Waals surface area contributed by atoms with Crippen LogP contribution >= 0.6 is 0 Å². The van der Waals surface area contributed by atoms with Crippen molar-refractivity contribution < 1.29 is 89.4 Å². The Labute approximate surface area is 461 Å². The molecule has 0 aromatic rings. The molecular formula is C58H109NO18. The van der Waals surface area contributed by atoms with Crippen molar-refractivity contribution in [1.29, 1.82) is 0 Å². The van der Waals surface area contributed by atoms with E-state index < -0.39 is 124 Å². The van der Waals surface area contributed by atoms with Gasteiger partial charge in [-0.3, -0.25) is 4.79 Å². The number of carbonyl (C=O) groups excluding carboxylic acids is 1. The van der Waals surface area contributed by atoms with E-state index in [9.17, 15) is 61.0 Å². The zero-order chi connectivity index (χ0) is 56.2. The molecule has 0 radical (unpaired) electrons. The van der Waals surface area contributed by atoms with Crippen molar-refractivity contribution in [3.63, 3.8) is 0 Å². The number of nitrogens with one attached hydrogen (secondary N) is 1. The van der Waals surface area contributed by atoms with Gasteiger partial charge < -0.3 is 89.9 Å². The molecule has 0 aromatic carbocycles. The molecule has 1 amide bonds. The fourth-order valence-corrected chi connectivity index (χ4v) is 10.5. The SMILES string of the molecule is CCCCCCCCCCCCCCCCCCCCCCCCCCCCC/C=C/C(O)C(COC1OC(CO)C(OC2OC(CO)C(OC3OC(CO)C(O)C(O)C3O)C(O)C2O)C(O)C1O)NC(=O)CCCCC. The lowest BCUT2D eigenvalue weighted by Gasteiger charge is -2.48. The Morgan fingerprint density at radius 3 is 1.22 bits per heavy atom. The average molecular weight is 1110 g/mol. The minimum absolute atomic E-state index is 0.231. The number of allylic oxidation sites excluding steroid dienone is 1. The van der Waals surface area contributed by atoms with Crippen molar-refractivity contribution >= 4 is 5.91 Å². The first-order chi connectivity index (χ1) is 37.3. The van der Waals surface area contributed by atoms with Crippen molar-refractivity contribution in [3.8, 4) is 0 Å². The molecule has 17 atom stereocenters. The van der Waals surface area contributed by atoms with Crippen LogP contribution in [0.5, 0.6) is 0 Å². The summed E-state index contributed by atoms with van der Waals surface area (Å²) in [6, 6.07) is -0.963. The molecule has 3 heterocycles. The quantitative estimate of drug-likeness (QED) is 0.0269. The summed E-state index contributed by atoms with van der Waals surface area (Å²) in [7, 11) is 0. The Balaban J connectivity index is 1.32. The van der Waals surface area contributed by atoms with Crippen LogP contribution in [0, 0.1) is 0 Å². The van der Waals surface area contributed by atoms with E-state index in [1.54, 1.807) is 6.08 Å². The van der Waals surface area contributed by atoms with Crippen LogP contribution in [0.25, 0.3) is 0 Å². The monoisotopic (exact) mass is 1110 g/mol. The van der Waals surface area contributed by atoms with Gasteiger partial charge in [0.15, 0.2) is 18.9 Å². The molecule has 19 heteroatoms. The lowest BCUT2D eigenvalue weighted by atomic mass is 9.96. The molecule has 3 aliphatic heterocycles. The molecule has 454 valence electrons. The molecule has 17 unspecified atom stereocenters. The van der Waals surface area contributed by atoms with Crippen molar-refractivity contribution in [2.45, 2.75) is 324 Å². The number of aliphatic hydroxyl groups is 11. The van der Waals surface area contributed by atoms with E-state index in [0.29, 0.717) is 6.42 Å². The Kier molecular flexibility index (Phi) is 38.4. The molecule has 3 aliphatic rings. The van der Waals surface area contributed by atoms with Gasteiger partial charge in [-0.1, -0.05) is 206 Å². The highest BCUT2D eigenvalue weighted by atomic mass is 16.8. The minimum atomic E-state index is -1.97. The maximum Gasteiger partial charge on any atom is 0.220 e. The highest BCUT2D eigenvalue weighted by Gasteiger charge is 2.53. The number of aliphatic hydroxyl groups excluding tert-OH is 11. The Morgan fingerprint density at radius 1 is 0.455 bits per heavy atom. The van der Waals surface area contributed by atoms with Gasteiger partial charge in [0.25, 0.3) is 0 Å². The molecule has 0 aromatic heterocycles. The molecule has 0 aliphatic carbocycles. The first kappa shape index (κ1) is 69.8. The van der Waals surface area contributed by atoms with Gasteiger partial charge in [0.1, 0.15) is 73.2 Å². The predicted octanol–water partition coefficient (Wildman–Crippen LogP) is 5.38. The van der Waals surface area contributed by atoms with E-state index in [2.05, 4.69) is 12.2 Å². The van der Waals surface area contributed by atoms with Crippen molar-refractivity contribution in [3.05, 3.63) is 12.2 Å². The number of hydrogen-bond donors (Lipinski definition) is 12. The highest BCUT2D eigenvalue weighted by Crippen LogP contribution is 2.33. The van der Waals surface area contributed by atoms with Crippen LogP contribution < -0.4 is 5.32 Å². The Hall–Kier alpha value is -1.47. The zero-order valence-electron chi connectivity index (χ0n) is 47.2. The van der Waals surface area contributed by atoms with Crippen molar-refractivity contribution in [2.75, 3.05) is 26.4 Å². The largest absolute Gasteiger partial charge is 0.394 e. The number of amides is 1. The molecular weight excluding hydrogens is 999 g/mol. The summed E-state index contributed by atoms with van der Waals surface area (Å²) in [6.45, 7) is 1.54. The lowest BCUT2D eigenvalue weighted by molar-refractivity contribution is -0.379. The third kappa shape index (κ3) is 26.5. The minimum Gasteiger partial charge on any atom is -0.394 e. The van der Waals surface area contributed by atoms with Gasteiger partial charge in [-0.05, 0) is 19.3 Å². The summed E-state index contributed by atoms with van der Waals surface area (Å²) in [4.78, 5) is 12.9. The molecule has 0 saturated carbocycles. The molecule has 3 saturated heterocycles. The van der Waals surface area contributed by atoms with Crippen LogP contribution in [-0.2, 0) is 33.2 Å². The van der Waals surface area contributed by atoms with E-state index >= 15 is 0 Å². The summed E-state index contributed by atoms with van der Waals surface area (Å²) in [5, 5.41) is 119. The summed E-state index contributed by atoms with van der Waals surface area (Å²) in [6.07, 6.45) is 16.3. The summed E-state index contributed by atoms with van der Waals surface area (Å²) < 4.78 is 34.0. The van der Waals surface area contributed by atoms with E-state index in [1.807, 2.05) is 13.0 Å². The third-order valence-electron chi connectivity index (χ3n) is 15.6. The molecule has 77 heavy (non-hydrogen) atoms. The third-order valence-corrected chi connectivity index (χ3v) is 15.6. The van der Waals surface area contributed by atoms with E-state index in [0.717, 1.165) is 38.5 Å². The summed E-state index contributed by atoms with van der Waals surface area (Å²) >= 11 is 0. The molecule has 3 fully saturated rings. The van der Waals surface area contributed by atoms with Crippen LogP contribution in [-0.4, -0.2) is 193 Å². The van der Waals surface area contributed by atoms with Crippen LogP contribution in [0.15, 0.2) is 12.2 Å². The van der Waals surface area contributed by atoms with E-state index in [-0.39, 0.29) is 18.9 Å². The second-order valence-electron chi connectivity index (χ2n) is 22.2. The fraction of sp³-hybridized carbons (Fsp3) is 0.948. The highest BCUT2D eigenvalue weighted by molar-refractivity contribution is 5.76. The van der Waals surface area contributed by atoms with Gasteiger partial charge in [-0.15, -0.1) is 0 Å². The van der Waals surface area contributed by atoms with Crippen molar-refractivity contribution in [1.82, 2.24) is 5.32 Å². The smallest absolute Gasteiger partial charge is 0.220 e. The first-order valence-corrected chi connectivity index (χ1v) is 30.4. The molecule has 3 rings (SSSR count). The van der Waals surface area contributed by atoms with E-state index in [4.69, 9.17) is 28.4 Å². The van der Waals surface area contributed by atoms with Gasteiger partial charge >= 0.3 is 0 Å². The summed E-state index contributed by atoms with van der Waals surface area (Å²) in [5.41, 5.74) is 0. The van der Waals surface area contributed by atoms with Gasteiger partial charge in [0, 0.05) is 6.42 Å². The van der Waals surface area contributed by atoms with Crippen molar-refractivity contribution in [2.24, 2.45) is 0 Å². The summed E-state index contributed by atoms with van der Waals surface area (Å²) in [5.74, 6) is -0.299. The van der Waals surface area contributed by atoms with Gasteiger partial charge in [0.2, 0.25) is 5.91 Å². The lowest BCUT2D eigenvalue weighted by Crippen LogP contribution is -2.66. The molecule has 0 spiro atoms. The van der Waals surface area contributed by atoms with E-state index in [1.165, 1.54) is 154 Å². The van der Waals surface area contributed by atoms with Crippen LogP contribution in [0.2, 0.25) is 0 Å². The average Bonchev–Trinajstić information content (AvgIpc) is 3.44. The normalized spacial score (nSPS) is 30.7. The number of carbonyl (C=O) groups is 1. The Morgan fingerprint density at radius 2 is 0.805 bits per heavy atom. The molecule has 0 bridgehead atoms. The van der Waals surface area contributed by atoms with Gasteiger partial charge in [-0.2, -0.15) is 0 Å². The molecule has 19 nitrogen and oxygen atoms in total. The predicted molar refractivity (Wildman–Crippen MR) is 291 cm³/mol. The number of rotatable bonds is 45. The van der Waals surface area contributed by atoms with Crippen LogP contribution in [0.1, 0.15) is 219 Å². The number of hydrogen-bond acceptors (Lipinski definition) is 18. The topological polar surface area (TPSA) is 307 Å². The van der Waals surface area contributed by atoms with Crippen LogP contribution in [0.4, 0.5) is 0 Å². The zero-order valence-corrected chi connectivity index (χ0v) is 47.2.